The average molecular weight is 301 g/mol. The summed E-state index contributed by atoms with van der Waals surface area (Å²) in [7, 11) is 0. The first-order valence-electron chi connectivity index (χ1n) is 6.02. The van der Waals surface area contributed by atoms with Crippen LogP contribution in [0, 0.1) is 0 Å². The fourth-order valence-corrected chi connectivity index (χ4v) is 3.17. The Bertz CT molecular complexity index is 580. The Hall–Kier alpha value is -1.44. The van der Waals surface area contributed by atoms with Crippen molar-refractivity contribution in [2.75, 3.05) is 0 Å². The van der Waals surface area contributed by atoms with Gasteiger partial charge in [-0.15, -0.1) is 11.3 Å². The molecule has 2 heterocycles. The number of hydrazine groups is 1. The quantitative estimate of drug-likeness (QED) is 0.673. The molecule has 0 aliphatic rings. The number of nitrogens with two attached hydrogens (primary N) is 1. The number of halogens is 3. The normalized spacial score (nSPS) is 13.4. The minimum absolute atomic E-state index is 0.0413. The van der Waals surface area contributed by atoms with Gasteiger partial charge in [0.25, 0.3) is 0 Å². The SMILES string of the molecule is CCc1ccsc1C(NN)c1cnccc1C(F)(F)F. The maximum Gasteiger partial charge on any atom is 0.416 e. The van der Waals surface area contributed by atoms with Crippen LogP contribution in [0.2, 0.25) is 0 Å². The van der Waals surface area contributed by atoms with E-state index in [-0.39, 0.29) is 5.56 Å². The van der Waals surface area contributed by atoms with Crippen LogP contribution in [0.25, 0.3) is 0 Å². The van der Waals surface area contributed by atoms with Gasteiger partial charge < -0.3 is 0 Å². The van der Waals surface area contributed by atoms with E-state index in [4.69, 9.17) is 5.84 Å². The molecule has 7 heteroatoms. The number of pyridine rings is 1. The number of hydrogen-bond acceptors (Lipinski definition) is 4. The number of aromatic nitrogens is 1. The molecule has 1 atom stereocenters. The maximum atomic E-state index is 13.1. The van der Waals surface area contributed by atoms with Crippen molar-refractivity contribution >= 4 is 11.3 Å². The van der Waals surface area contributed by atoms with Crippen molar-refractivity contribution in [1.82, 2.24) is 10.4 Å². The standard InChI is InChI=1S/C13H14F3N3S/c1-2-8-4-6-20-12(8)11(19-17)9-7-18-5-3-10(9)13(14,15)16/h3-7,11,19H,2,17H2,1H3. The van der Waals surface area contributed by atoms with Gasteiger partial charge in [0.2, 0.25) is 0 Å². The molecule has 0 bridgehead atoms. The summed E-state index contributed by atoms with van der Waals surface area (Å²) >= 11 is 1.38. The Morgan fingerprint density at radius 3 is 2.75 bits per heavy atom. The first-order valence-corrected chi connectivity index (χ1v) is 6.90. The van der Waals surface area contributed by atoms with Gasteiger partial charge in [0, 0.05) is 22.8 Å². The number of nitrogens with zero attached hydrogens (tertiary/aromatic N) is 1. The highest BCUT2D eigenvalue weighted by Crippen LogP contribution is 2.37. The third kappa shape index (κ3) is 2.84. The van der Waals surface area contributed by atoms with Gasteiger partial charge in [0.15, 0.2) is 0 Å². The summed E-state index contributed by atoms with van der Waals surface area (Å²) < 4.78 is 39.2. The molecule has 3 N–H and O–H groups in total. The lowest BCUT2D eigenvalue weighted by atomic mass is 9.99. The summed E-state index contributed by atoms with van der Waals surface area (Å²) in [6, 6.07) is 2.16. The zero-order valence-electron chi connectivity index (χ0n) is 10.7. The lowest BCUT2D eigenvalue weighted by Crippen LogP contribution is -2.30. The summed E-state index contributed by atoms with van der Waals surface area (Å²) in [6.07, 6.45) is -1.35. The molecule has 0 aliphatic carbocycles. The second-order valence-corrected chi connectivity index (χ2v) is 5.17. The second-order valence-electron chi connectivity index (χ2n) is 4.22. The van der Waals surface area contributed by atoms with Crippen LogP contribution in [-0.4, -0.2) is 4.98 Å². The van der Waals surface area contributed by atoms with Crippen molar-refractivity contribution in [1.29, 1.82) is 0 Å². The van der Waals surface area contributed by atoms with Crippen molar-refractivity contribution in [2.45, 2.75) is 25.6 Å². The second kappa shape index (κ2) is 5.90. The van der Waals surface area contributed by atoms with E-state index >= 15 is 0 Å². The maximum absolute atomic E-state index is 13.1. The highest BCUT2D eigenvalue weighted by atomic mass is 32.1. The predicted octanol–water partition coefficient (Wildman–Crippen LogP) is 3.28. The Morgan fingerprint density at radius 1 is 1.40 bits per heavy atom. The fraction of sp³-hybridized carbons (Fsp3) is 0.308. The molecule has 0 amide bonds. The van der Waals surface area contributed by atoms with Gasteiger partial charge in [-0.05, 0) is 29.5 Å². The summed E-state index contributed by atoms with van der Waals surface area (Å²) in [5.41, 5.74) is 2.78. The Labute approximate surface area is 118 Å². The monoisotopic (exact) mass is 301 g/mol. The molecule has 0 saturated carbocycles. The van der Waals surface area contributed by atoms with Crippen LogP contribution < -0.4 is 11.3 Å². The molecule has 108 valence electrons. The number of hydrogen-bond donors (Lipinski definition) is 2. The molecule has 0 radical (unpaired) electrons. The largest absolute Gasteiger partial charge is 0.416 e. The predicted molar refractivity (Wildman–Crippen MR) is 72.1 cm³/mol. The molecule has 2 rings (SSSR count). The van der Waals surface area contributed by atoms with Crippen molar-refractivity contribution in [3.63, 3.8) is 0 Å². The molecular formula is C13H14F3N3S. The zero-order chi connectivity index (χ0) is 14.8. The van der Waals surface area contributed by atoms with E-state index in [1.54, 1.807) is 0 Å². The highest BCUT2D eigenvalue weighted by molar-refractivity contribution is 7.10. The summed E-state index contributed by atoms with van der Waals surface area (Å²) in [6.45, 7) is 1.95. The van der Waals surface area contributed by atoms with Crippen LogP contribution >= 0.6 is 11.3 Å². The number of rotatable bonds is 4. The van der Waals surface area contributed by atoms with Gasteiger partial charge in [0.05, 0.1) is 11.6 Å². The number of aryl methyl sites for hydroxylation is 1. The van der Waals surface area contributed by atoms with Crippen LogP contribution in [0.3, 0.4) is 0 Å². The molecular weight excluding hydrogens is 287 g/mol. The molecule has 0 spiro atoms. The molecule has 0 aromatic carbocycles. The summed E-state index contributed by atoms with van der Waals surface area (Å²) in [4.78, 5) is 4.59. The molecule has 0 fully saturated rings. The van der Waals surface area contributed by atoms with Crippen molar-refractivity contribution in [2.24, 2.45) is 5.84 Å². The Morgan fingerprint density at radius 2 is 2.15 bits per heavy atom. The smallest absolute Gasteiger partial charge is 0.271 e. The number of thiophene rings is 1. The summed E-state index contributed by atoms with van der Waals surface area (Å²) in [5, 5.41) is 1.85. The molecule has 0 saturated heterocycles. The van der Waals surface area contributed by atoms with Gasteiger partial charge in [-0.25, -0.2) is 5.43 Å². The van der Waals surface area contributed by atoms with E-state index < -0.39 is 17.8 Å². The zero-order valence-corrected chi connectivity index (χ0v) is 11.6. The van der Waals surface area contributed by atoms with E-state index in [0.29, 0.717) is 0 Å². The number of nitrogens with one attached hydrogen (secondary N) is 1. The Balaban J connectivity index is 2.53. The van der Waals surface area contributed by atoms with Gasteiger partial charge in [-0.2, -0.15) is 13.2 Å². The molecule has 0 aliphatic heterocycles. The van der Waals surface area contributed by atoms with E-state index in [9.17, 15) is 13.2 Å². The summed E-state index contributed by atoms with van der Waals surface area (Å²) in [5.74, 6) is 5.49. The van der Waals surface area contributed by atoms with E-state index in [2.05, 4.69) is 10.4 Å². The van der Waals surface area contributed by atoms with Gasteiger partial charge >= 0.3 is 6.18 Å². The molecule has 2 aromatic rings. The first kappa shape index (κ1) is 15.0. The van der Waals surface area contributed by atoms with E-state index in [0.717, 1.165) is 29.1 Å². The minimum atomic E-state index is -4.43. The topological polar surface area (TPSA) is 50.9 Å². The van der Waals surface area contributed by atoms with Crippen molar-refractivity contribution in [3.8, 4) is 0 Å². The lowest BCUT2D eigenvalue weighted by Gasteiger charge is -2.20. The van der Waals surface area contributed by atoms with Crippen LogP contribution in [0.15, 0.2) is 29.9 Å². The third-order valence-corrected chi connectivity index (χ3v) is 4.08. The average Bonchev–Trinajstić information content (AvgIpc) is 2.87. The van der Waals surface area contributed by atoms with Gasteiger partial charge in [0.1, 0.15) is 0 Å². The molecule has 3 nitrogen and oxygen atoms in total. The fourth-order valence-electron chi connectivity index (χ4n) is 2.09. The van der Waals surface area contributed by atoms with Crippen molar-refractivity contribution < 1.29 is 13.2 Å². The van der Waals surface area contributed by atoms with Crippen LogP contribution in [0.4, 0.5) is 13.2 Å². The lowest BCUT2D eigenvalue weighted by molar-refractivity contribution is -0.138. The van der Waals surface area contributed by atoms with E-state index in [1.165, 1.54) is 17.5 Å². The molecule has 1 unspecified atom stereocenters. The van der Waals surface area contributed by atoms with E-state index in [1.807, 2.05) is 18.4 Å². The van der Waals surface area contributed by atoms with Gasteiger partial charge in [-0.3, -0.25) is 10.8 Å². The number of alkyl halides is 3. The minimum Gasteiger partial charge on any atom is -0.271 e. The first-order chi connectivity index (χ1) is 9.49. The van der Waals surface area contributed by atoms with Crippen LogP contribution in [0.5, 0.6) is 0 Å². The molecule has 2 aromatic heterocycles. The molecule has 20 heavy (non-hydrogen) atoms. The van der Waals surface area contributed by atoms with Crippen molar-refractivity contribution in [3.05, 3.63) is 51.5 Å². The Kier molecular flexibility index (Phi) is 4.42. The third-order valence-electron chi connectivity index (χ3n) is 3.06. The highest BCUT2D eigenvalue weighted by Gasteiger charge is 2.36. The van der Waals surface area contributed by atoms with Gasteiger partial charge in [-0.1, -0.05) is 6.92 Å². The van der Waals surface area contributed by atoms with Crippen LogP contribution in [-0.2, 0) is 12.6 Å². The van der Waals surface area contributed by atoms with Crippen LogP contribution in [0.1, 0.15) is 34.5 Å².